The summed E-state index contributed by atoms with van der Waals surface area (Å²) >= 11 is 0. The van der Waals surface area contributed by atoms with Crippen molar-refractivity contribution in [3.8, 4) is 5.75 Å². The number of hydrogen-bond acceptors (Lipinski definition) is 6. The molecule has 0 saturated heterocycles. The molecule has 1 aromatic rings. The van der Waals surface area contributed by atoms with Crippen molar-refractivity contribution in [1.82, 2.24) is 5.32 Å². The van der Waals surface area contributed by atoms with Crippen LogP contribution < -0.4 is 10.1 Å². The standard InChI is InChI=1S/C11H12N2O7/c1-20-8-4-2-3-7(13(18)19)9(8)10(15)12-6(5-14)11(16)17/h2-4,6,14H,5H2,1H3,(H,12,15)(H,16,17)/t6-/m1/s1. The second kappa shape index (κ2) is 6.48. The normalized spacial score (nSPS) is 11.5. The van der Waals surface area contributed by atoms with Crippen LogP contribution in [-0.2, 0) is 4.79 Å². The summed E-state index contributed by atoms with van der Waals surface area (Å²) in [5, 5.41) is 30.4. The molecule has 0 spiro atoms. The van der Waals surface area contributed by atoms with E-state index in [9.17, 15) is 19.7 Å². The van der Waals surface area contributed by atoms with Crippen molar-refractivity contribution in [3.05, 3.63) is 33.9 Å². The number of aliphatic hydroxyl groups is 1. The summed E-state index contributed by atoms with van der Waals surface area (Å²) < 4.78 is 4.86. The minimum absolute atomic E-state index is 0.0706. The molecule has 0 aromatic heterocycles. The fraction of sp³-hybridized carbons (Fsp3) is 0.273. The highest BCUT2D eigenvalue weighted by Crippen LogP contribution is 2.27. The highest BCUT2D eigenvalue weighted by atomic mass is 16.6. The minimum atomic E-state index is -1.56. The van der Waals surface area contributed by atoms with Crippen molar-refractivity contribution in [3.63, 3.8) is 0 Å². The van der Waals surface area contributed by atoms with Gasteiger partial charge in [0.2, 0.25) is 0 Å². The van der Waals surface area contributed by atoms with Gasteiger partial charge in [0.05, 0.1) is 18.6 Å². The Kier molecular flexibility index (Phi) is 4.98. The molecule has 9 heteroatoms. The first-order valence-corrected chi connectivity index (χ1v) is 5.38. The van der Waals surface area contributed by atoms with Gasteiger partial charge in [-0.2, -0.15) is 0 Å². The summed E-state index contributed by atoms with van der Waals surface area (Å²) in [6, 6.07) is 2.18. The smallest absolute Gasteiger partial charge is 0.328 e. The molecule has 1 rings (SSSR count). The average Bonchev–Trinajstić information content (AvgIpc) is 2.42. The van der Waals surface area contributed by atoms with Crippen LogP contribution in [0.25, 0.3) is 0 Å². The van der Waals surface area contributed by atoms with Gasteiger partial charge >= 0.3 is 5.97 Å². The fourth-order valence-electron chi connectivity index (χ4n) is 1.49. The van der Waals surface area contributed by atoms with Gasteiger partial charge in [-0.05, 0) is 6.07 Å². The number of methoxy groups -OCH3 is 1. The van der Waals surface area contributed by atoms with Crippen LogP contribution in [0.3, 0.4) is 0 Å². The maximum Gasteiger partial charge on any atom is 0.328 e. The lowest BCUT2D eigenvalue weighted by Crippen LogP contribution is -2.43. The molecule has 0 unspecified atom stereocenters. The van der Waals surface area contributed by atoms with Crippen molar-refractivity contribution in [1.29, 1.82) is 0 Å². The van der Waals surface area contributed by atoms with E-state index in [4.69, 9.17) is 14.9 Å². The Morgan fingerprint density at radius 1 is 1.50 bits per heavy atom. The Labute approximate surface area is 112 Å². The maximum atomic E-state index is 12.0. The Morgan fingerprint density at radius 3 is 2.60 bits per heavy atom. The summed E-state index contributed by atoms with van der Waals surface area (Å²) in [6.45, 7) is -0.843. The molecule has 0 aliphatic heterocycles. The monoisotopic (exact) mass is 284 g/mol. The molecule has 0 heterocycles. The van der Waals surface area contributed by atoms with Crippen LogP contribution in [0.2, 0.25) is 0 Å². The second-order valence-corrected chi connectivity index (χ2v) is 3.66. The lowest BCUT2D eigenvalue weighted by molar-refractivity contribution is -0.385. The number of nitrogens with zero attached hydrogens (tertiary/aromatic N) is 1. The Bertz CT molecular complexity index is 544. The van der Waals surface area contributed by atoms with Gasteiger partial charge in [0.25, 0.3) is 11.6 Å². The topological polar surface area (TPSA) is 139 Å². The Hall–Kier alpha value is -2.68. The van der Waals surface area contributed by atoms with Crippen LogP contribution in [0.15, 0.2) is 18.2 Å². The number of carbonyl (C=O) groups is 2. The SMILES string of the molecule is COc1cccc([N+](=O)[O-])c1C(=O)N[C@H](CO)C(=O)O. The molecule has 0 bridgehead atoms. The number of ether oxygens (including phenoxy) is 1. The number of nitro groups is 1. The fourth-order valence-corrected chi connectivity index (χ4v) is 1.49. The largest absolute Gasteiger partial charge is 0.496 e. The van der Waals surface area contributed by atoms with Crippen LogP contribution >= 0.6 is 0 Å². The summed E-state index contributed by atoms with van der Waals surface area (Å²) in [7, 11) is 1.22. The zero-order valence-corrected chi connectivity index (χ0v) is 10.4. The van der Waals surface area contributed by atoms with Crippen molar-refractivity contribution in [2.24, 2.45) is 0 Å². The number of carboxylic acid groups (broad SMARTS) is 1. The first kappa shape index (κ1) is 15.4. The minimum Gasteiger partial charge on any atom is -0.496 e. The number of benzene rings is 1. The third kappa shape index (κ3) is 3.20. The number of amides is 1. The van der Waals surface area contributed by atoms with E-state index in [1.807, 2.05) is 5.32 Å². The van der Waals surface area contributed by atoms with E-state index >= 15 is 0 Å². The molecule has 0 aliphatic carbocycles. The molecule has 108 valence electrons. The van der Waals surface area contributed by atoms with E-state index < -0.39 is 40.7 Å². The molecule has 0 radical (unpaired) electrons. The molecule has 20 heavy (non-hydrogen) atoms. The van der Waals surface area contributed by atoms with Gasteiger partial charge in [-0.3, -0.25) is 14.9 Å². The predicted octanol–water partition coefficient (Wildman–Crippen LogP) is -0.221. The number of aliphatic hydroxyl groups excluding tert-OH is 1. The zero-order chi connectivity index (χ0) is 15.3. The molecular formula is C11H12N2O7. The lowest BCUT2D eigenvalue weighted by atomic mass is 10.1. The lowest BCUT2D eigenvalue weighted by Gasteiger charge is -2.13. The van der Waals surface area contributed by atoms with E-state index in [0.717, 1.165) is 6.07 Å². The third-order valence-corrected chi connectivity index (χ3v) is 2.43. The second-order valence-electron chi connectivity index (χ2n) is 3.66. The highest BCUT2D eigenvalue weighted by Gasteiger charge is 2.28. The summed E-state index contributed by atoms with van der Waals surface area (Å²) in [5.41, 5.74) is -0.927. The number of aliphatic carboxylic acids is 1. The van der Waals surface area contributed by atoms with Crippen molar-refractivity contribution in [2.45, 2.75) is 6.04 Å². The van der Waals surface area contributed by atoms with Crippen molar-refractivity contribution < 1.29 is 29.5 Å². The molecule has 9 nitrogen and oxygen atoms in total. The number of carbonyl (C=O) groups excluding carboxylic acids is 1. The number of nitro benzene ring substituents is 1. The van der Waals surface area contributed by atoms with Crippen molar-refractivity contribution >= 4 is 17.6 Å². The zero-order valence-electron chi connectivity index (χ0n) is 10.4. The first-order chi connectivity index (χ1) is 9.42. The highest BCUT2D eigenvalue weighted by molar-refractivity contribution is 6.02. The maximum absolute atomic E-state index is 12.0. The van der Waals surface area contributed by atoms with Gasteiger partial charge in [0.15, 0.2) is 11.6 Å². The van der Waals surface area contributed by atoms with Crippen LogP contribution in [0.4, 0.5) is 5.69 Å². The number of nitrogens with one attached hydrogen (secondary N) is 1. The van der Waals surface area contributed by atoms with Gasteiger partial charge in [0.1, 0.15) is 5.75 Å². The van der Waals surface area contributed by atoms with Crippen LogP contribution in [0.5, 0.6) is 5.75 Å². The van der Waals surface area contributed by atoms with Gasteiger partial charge in [-0.15, -0.1) is 0 Å². The molecular weight excluding hydrogens is 272 g/mol. The summed E-state index contributed by atoms with van der Waals surface area (Å²) in [4.78, 5) is 32.8. The average molecular weight is 284 g/mol. The van der Waals surface area contributed by atoms with E-state index in [2.05, 4.69) is 0 Å². The Morgan fingerprint density at radius 2 is 2.15 bits per heavy atom. The number of hydrogen-bond donors (Lipinski definition) is 3. The first-order valence-electron chi connectivity index (χ1n) is 5.38. The molecule has 1 aromatic carbocycles. The number of carboxylic acids is 1. The predicted molar refractivity (Wildman–Crippen MR) is 65.6 cm³/mol. The number of rotatable bonds is 6. The molecule has 0 fully saturated rings. The quantitative estimate of drug-likeness (QED) is 0.484. The van der Waals surface area contributed by atoms with Crippen LogP contribution in [0.1, 0.15) is 10.4 Å². The van der Waals surface area contributed by atoms with Crippen LogP contribution in [0, 0.1) is 10.1 Å². The van der Waals surface area contributed by atoms with Gasteiger partial charge in [-0.25, -0.2) is 4.79 Å². The molecule has 0 saturated carbocycles. The van der Waals surface area contributed by atoms with Gasteiger partial charge in [0, 0.05) is 6.07 Å². The van der Waals surface area contributed by atoms with E-state index in [1.165, 1.54) is 19.2 Å². The Balaban J connectivity index is 3.20. The summed E-state index contributed by atoms with van der Waals surface area (Å²) in [6.07, 6.45) is 0. The van der Waals surface area contributed by atoms with Gasteiger partial charge < -0.3 is 20.3 Å². The van der Waals surface area contributed by atoms with Crippen LogP contribution in [-0.4, -0.2) is 46.8 Å². The molecule has 0 aliphatic rings. The van der Waals surface area contributed by atoms with E-state index in [1.54, 1.807) is 0 Å². The molecule has 3 N–H and O–H groups in total. The van der Waals surface area contributed by atoms with Crippen molar-refractivity contribution in [2.75, 3.05) is 13.7 Å². The third-order valence-electron chi connectivity index (χ3n) is 2.43. The van der Waals surface area contributed by atoms with E-state index in [-0.39, 0.29) is 5.75 Å². The van der Waals surface area contributed by atoms with E-state index in [0.29, 0.717) is 0 Å². The van der Waals surface area contributed by atoms with Gasteiger partial charge in [-0.1, -0.05) is 6.07 Å². The molecule has 1 atom stereocenters. The molecule has 1 amide bonds. The summed E-state index contributed by atoms with van der Waals surface area (Å²) in [5.74, 6) is -2.55.